The molecule has 1 fully saturated rings. The minimum atomic E-state index is -3.84. The lowest BCUT2D eigenvalue weighted by Crippen LogP contribution is -2.37. The van der Waals surface area contributed by atoms with Crippen LogP contribution < -0.4 is 19.1 Å². The average Bonchev–Trinajstić information content (AvgIpc) is 3.44. The molecule has 3 aromatic carbocycles. The molecule has 3 aromatic rings. The number of hydrogen-bond acceptors (Lipinski definition) is 7. The predicted molar refractivity (Wildman–Crippen MR) is 145 cm³/mol. The minimum Gasteiger partial charge on any atom is -0.495 e. The fourth-order valence-corrected chi connectivity index (χ4v) is 6.45. The number of methoxy groups -OCH3 is 1. The Bertz CT molecular complexity index is 1490. The molecular weight excluding hydrogens is 530 g/mol. The SMILES string of the molecule is COc1ccc(S(=O)(=O)N2CCCC2)cc1NC(=O)CN(c1ccc(Oc2ccccc2)cc1)S(C)(=O)=O. The number of rotatable bonds is 10. The van der Waals surface area contributed by atoms with Gasteiger partial charge in [-0.3, -0.25) is 9.10 Å². The number of ether oxygens (including phenoxy) is 2. The molecule has 12 heteroatoms. The number of hydrogen-bond donors (Lipinski definition) is 1. The Morgan fingerprint density at radius 2 is 1.55 bits per heavy atom. The van der Waals surface area contributed by atoms with Gasteiger partial charge in [-0.15, -0.1) is 0 Å². The molecule has 1 aliphatic rings. The summed E-state index contributed by atoms with van der Waals surface area (Å²) in [5.74, 6) is 0.697. The number of nitrogens with one attached hydrogen (secondary N) is 1. The Labute approximate surface area is 222 Å². The fraction of sp³-hybridized carbons (Fsp3) is 0.269. The summed E-state index contributed by atoms with van der Waals surface area (Å²) in [4.78, 5) is 13.0. The molecule has 0 aliphatic carbocycles. The van der Waals surface area contributed by atoms with Gasteiger partial charge in [0.2, 0.25) is 26.0 Å². The number of para-hydroxylation sites is 1. The van der Waals surface area contributed by atoms with Gasteiger partial charge in [0.25, 0.3) is 0 Å². The summed E-state index contributed by atoms with van der Waals surface area (Å²) in [6.07, 6.45) is 2.58. The standard InChI is InChI=1S/C26H29N3O7S2/c1-35-25-15-14-23(38(33,34)28-16-6-7-17-28)18-24(25)27-26(30)19-29(37(2,31)32)20-10-12-22(13-11-20)36-21-8-4-3-5-9-21/h3-5,8-15,18H,6-7,16-17,19H2,1-2H3,(H,27,30). The van der Waals surface area contributed by atoms with E-state index in [0.29, 0.717) is 24.6 Å². The van der Waals surface area contributed by atoms with Crippen LogP contribution in [0.2, 0.25) is 0 Å². The number of carbonyl (C=O) groups excluding carboxylic acids is 1. The maximum absolute atomic E-state index is 13.0. The van der Waals surface area contributed by atoms with E-state index in [1.54, 1.807) is 24.3 Å². The topological polar surface area (TPSA) is 122 Å². The molecule has 4 rings (SSSR count). The molecular formula is C26H29N3O7S2. The highest BCUT2D eigenvalue weighted by Gasteiger charge is 2.28. The van der Waals surface area contributed by atoms with Gasteiger partial charge in [0.1, 0.15) is 23.8 Å². The molecule has 0 radical (unpaired) electrons. The molecule has 10 nitrogen and oxygen atoms in total. The van der Waals surface area contributed by atoms with Gasteiger partial charge in [-0.1, -0.05) is 18.2 Å². The Morgan fingerprint density at radius 3 is 2.16 bits per heavy atom. The summed E-state index contributed by atoms with van der Waals surface area (Å²) in [6.45, 7) is 0.340. The molecule has 202 valence electrons. The Hall–Kier alpha value is -3.61. The lowest BCUT2D eigenvalue weighted by Gasteiger charge is -2.23. The quantitative estimate of drug-likeness (QED) is 0.402. The smallest absolute Gasteiger partial charge is 0.245 e. The monoisotopic (exact) mass is 559 g/mol. The second-order valence-corrected chi connectivity index (χ2v) is 12.5. The van der Waals surface area contributed by atoms with Crippen molar-refractivity contribution in [2.75, 3.05) is 42.6 Å². The summed E-state index contributed by atoms with van der Waals surface area (Å²) in [7, 11) is -6.18. The molecule has 0 atom stereocenters. The zero-order valence-corrected chi connectivity index (χ0v) is 22.7. The van der Waals surface area contributed by atoms with Gasteiger partial charge in [0.15, 0.2) is 0 Å². The van der Waals surface area contributed by atoms with E-state index < -0.39 is 32.5 Å². The summed E-state index contributed by atoms with van der Waals surface area (Å²) in [5.41, 5.74) is 0.387. The van der Waals surface area contributed by atoms with Crippen LogP contribution in [0.3, 0.4) is 0 Å². The Kier molecular flexibility index (Phi) is 8.24. The van der Waals surface area contributed by atoms with Crippen molar-refractivity contribution in [2.24, 2.45) is 0 Å². The third kappa shape index (κ3) is 6.44. The summed E-state index contributed by atoms with van der Waals surface area (Å²) in [6, 6.07) is 19.6. The zero-order chi connectivity index (χ0) is 27.3. The first-order valence-electron chi connectivity index (χ1n) is 11.9. The third-order valence-corrected chi connectivity index (χ3v) is 8.97. The van der Waals surface area contributed by atoms with E-state index in [4.69, 9.17) is 9.47 Å². The molecule has 0 unspecified atom stereocenters. The van der Waals surface area contributed by atoms with Crippen LogP contribution in [0, 0.1) is 0 Å². The van der Waals surface area contributed by atoms with Gasteiger partial charge >= 0.3 is 0 Å². The van der Waals surface area contributed by atoms with E-state index in [1.807, 2.05) is 18.2 Å². The summed E-state index contributed by atoms with van der Waals surface area (Å²) < 4.78 is 64.5. The molecule has 0 saturated carbocycles. The van der Waals surface area contributed by atoms with Crippen molar-refractivity contribution in [3.63, 3.8) is 0 Å². The maximum atomic E-state index is 13.0. The van der Waals surface area contributed by atoms with E-state index in [-0.39, 0.29) is 22.0 Å². The van der Waals surface area contributed by atoms with E-state index in [9.17, 15) is 21.6 Å². The third-order valence-electron chi connectivity index (χ3n) is 5.94. The first-order valence-corrected chi connectivity index (χ1v) is 15.2. The Balaban J connectivity index is 1.52. The van der Waals surface area contributed by atoms with Crippen molar-refractivity contribution in [3.05, 3.63) is 72.8 Å². The largest absolute Gasteiger partial charge is 0.495 e. The van der Waals surface area contributed by atoms with Crippen LogP contribution in [0.15, 0.2) is 77.7 Å². The number of carbonyl (C=O) groups is 1. The highest BCUT2D eigenvalue weighted by Crippen LogP contribution is 2.31. The number of amides is 1. The Morgan fingerprint density at radius 1 is 0.921 bits per heavy atom. The van der Waals surface area contributed by atoms with Crippen LogP contribution in [0.5, 0.6) is 17.2 Å². The van der Waals surface area contributed by atoms with Crippen molar-refractivity contribution >= 4 is 37.3 Å². The van der Waals surface area contributed by atoms with E-state index >= 15 is 0 Å². The van der Waals surface area contributed by atoms with Gasteiger partial charge in [-0.05, 0) is 67.4 Å². The second-order valence-electron chi connectivity index (χ2n) is 8.70. The van der Waals surface area contributed by atoms with Gasteiger partial charge in [0, 0.05) is 13.1 Å². The first-order chi connectivity index (χ1) is 18.1. The summed E-state index contributed by atoms with van der Waals surface area (Å²) in [5, 5.41) is 2.60. The van der Waals surface area contributed by atoms with Crippen molar-refractivity contribution in [3.8, 4) is 17.2 Å². The predicted octanol–water partition coefficient (Wildman–Crippen LogP) is 3.68. The lowest BCUT2D eigenvalue weighted by atomic mass is 10.2. The molecule has 1 aliphatic heterocycles. The second kappa shape index (κ2) is 11.4. The fourth-order valence-electron chi connectivity index (χ4n) is 4.05. The molecule has 1 heterocycles. The van der Waals surface area contributed by atoms with Crippen molar-refractivity contribution in [2.45, 2.75) is 17.7 Å². The van der Waals surface area contributed by atoms with Crippen LogP contribution >= 0.6 is 0 Å². The first kappa shape index (κ1) is 27.4. The number of nitrogens with zero attached hydrogens (tertiary/aromatic N) is 2. The van der Waals surface area contributed by atoms with E-state index in [0.717, 1.165) is 23.4 Å². The molecule has 1 N–H and O–H groups in total. The van der Waals surface area contributed by atoms with Crippen LogP contribution in [0.4, 0.5) is 11.4 Å². The van der Waals surface area contributed by atoms with Crippen LogP contribution in [0.25, 0.3) is 0 Å². The van der Waals surface area contributed by atoms with Crippen LogP contribution in [0.1, 0.15) is 12.8 Å². The van der Waals surface area contributed by atoms with Gasteiger partial charge < -0.3 is 14.8 Å². The molecule has 38 heavy (non-hydrogen) atoms. The van der Waals surface area contributed by atoms with Crippen molar-refractivity contribution in [1.29, 1.82) is 0 Å². The normalized spacial score (nSPS) is 14.2. The lowest BCUT2D eigenvalue weighted by molar-refractivity contribution is -0.114. The summed E-state index contributed by atoms with van der Waals surface area (Å²) >= 11 is 0. The number of benzene rings is 3. The van der Waals surface area contributed by atoms with Gasteiger partial charge in [-0.25, -0.2) is 16.8 Å². The highest BCUT2D eigenvalue weighted by molar-refractivity contribution is 7.92. The maximum Gasteiger partial charge on any atom is 0.245 e. The van der Waals surface area contributed by atoms with Crippen LogP contribution in [-0.2, 0) is 24.8 Å². The highest BCUT2D eigenvalue weighted by atomic mass is 32.2. The van der Waals surface area contributed by atoms with Crippen molar-refractivity contribution < 1.29 is 31.1 Å². The minimum absolute atomic E-state index is 0.0180. The number of sulfonamides is 2. The molecule has 1 saturated heterocycles. The molecule has 0 aromatic heterocycles. The molecule has 0 spiro atoms. The van der Waals surface area contributed by atoms with E-state index in [1.165, 1.54) is 41.7 Å². The molecule has 1 amide bonds. The van der Waals surface area contributed by atoms with Gasteiger partial charge in [0.05, 0.1) is 29.6 Å². The zero-order valence-electron chi connectivity index (χ0n) is 21.0. The average molecular weight is 560 g/mol. The van der Waals surface area contributed by atoms with Gasteiger partial charge in [-0.2, -0.15) is 4.31 Å². The van der Waals surface area contributed by atoms with Crippen molar-refractivity contribution in [1.82, 2.24) is 4.31 Å². The number of anilines is 2. The van der Waals surface area contributed by atoms with E-state index in [2.05, 4.69) is 5.32 Å². The molecule has 0 bridgehead atoms. The van der Waals surface area contributed by atoms with Crippen LogP contribution in [-0.4, -0.2) is 60.0 Å².